The van der Waals surface area contributed by atoms with Crippen molar-refractivity contribution in [2.45, 2.75) is 25.8 Å². The van der Waals surface area contributed by atoms with Crippen LogP contribution in [0.4, 0.5) is 36.2 Å². The van der Waals surface area contributed by atoms with Crippen molar-refractivity contribution in [1.82, 2.24) is 9.97 Å². The first-order chi connectivity index (χ1) is 15.0. The van der Waals surface area contributed by atoms with Crippen molar-refractivity contribution in [2.75, 3.05) is 21.9 Å². The number of halogens is 3. The summed E-state index contributed by atoms with van der Waals surface area (Å²) in [5.74, 6) is 1.43. The van der Waals surface area contributed by atoms with Crippen LogP contribution in [0.1, 0.15) is 23.9 Å². The molecule has 1 heterocycles. The Balaban J connectivity index is 1.64. The highest BCUT2D eigenvalue weighted by Gasteiger charge is 2.30. The van der Waals surface area contributed by atoms with Crippen molar-refractivity contribution in [3.8, 4) is 0 Å². The van der Waals surface area contributed by atoms with E-state index in [1.165, 1.54) is 0 Å². The number of anilines is 4. The van der Waals surface area contributed by atoms with E-state index < -0.39 is 27.5 Å². The van der Waals surface area contributed by atoms with Gasteiger partial charge in [0.05, 0.1) is 11.3 Å². The topological polar surface area (TPSA) is 96.0 Å². The third kappa shape index (κ3) is 6.58. The molecule has 0 fully saturated rings. The zero-order valence-corrected chi connectivity index (χ0v) is 18.2. The quantitative estimate of drug-likeness (QED) is 0.437. The largest absolute Gasteiger partial charge is 0.416 e. The van der Waals surface area contributed by atoms with Crippen molar-refractivity contribution in [1.29, 1.82) is 0 Å². The summed E-state index contributed by atoms with van der Waals surface area (Å²) in [5.41, 5.74) is 0.441. The first kappa shape index (κ1) is 23.3. The fraction of sp³-hybridized carbons (Fsp3) is 0.238. The lowest BCUT2D eigenvalue weighted by atomic mass is 10.1. The van der Waals surface area contributed by atoms with Crippen LogP contribution < -0.4 is 15.4 Å². The predicted molar refractivity (Wildman–Crippen MR) is 118 cm³/mol. The van der Waals surface area contributed by atoms with Crippen molar-refractivity contribution >= 4 is 33.0 Å². The molecule has 0 spiro atoms. The van der Waals surface area contributed by atoms with Gasteiger partial charge in [0.1, 0.15) is 17.5 Å². The van der Waals surface area contributed by atoms with Crippen LogP contribution in [0.2, 0.25) is 0 Å². The molecule has 0 aliphatic heterocycles. The number of alkyl halides is 3. The molecule has 0 aliphatic rings. The van der Waals surface area contributed by atoms with Crippen LogP contribution in [0, 0.1) is 6.92 Å². The van der Waals surface area contributed by atoms with Gasteiger partial charge in [-0.05, 0) is 55.8 Å². The lowest BCUT2D eigenvalue weighted by Gasteiger charge is -2.12. The highest BCUT2D eigenvalue weighted by molar-refractivity contribution is 7.91. The molecule has 1 aromatic heterocycles. The molecule has 3 rings (SSSR count). The van der Waals surface area contributed by atoms with E-state index in [-0.39, 0.29) is 5.56 Å². The van der Waals surface area contributed by atoms with E-state index in [1.54, 1.807) is 37.3 Å². The van der Waals surface area contributed by atoms with Crippen molar-refractivity contribution in [3.05, 3.63) is 71.5 Å². The molecule has 7 nitrogen and oxygen atoms in total. The first-order valence-electron chi connectivity index (χ1n) is 9.67. The maximum Gasteiger partial charge on any atom is 0.416 e. The van der Waals surface area contributed by atoms with Crippen molar-refractivity contribution < 1.29 is 21.6 Å². The summed E-state index contributed by atoms with van der Waals surface area (Å²) in [6, 6.07) is 12.3. The Hall–Kier alpha value is -3.34. The second-order valence-electron chi connectivity index (χ2n) is 6.97. The molecule has 2 aromatic carbocycles. The van der Waals surface area contributed by atoms with Crippen LogP contribution in [0.15, 0.2) is 54.6 Å². The summed E-state index contributed by atoms with van der Waals surface area (Å²) in [6.45, 7) is 4.46. The van der Waals surface area contributed by atoms with Gasteiger partial charge < -0.3 is 10.6 Å². The first-order valence-corrected chi connectivity index (χ1v) is 11.3. The maximum atomic E-state index is 12.6. The molecule has 32 heavy (non-hydrogen) atoms. The van der Waals surface area contributed by atoms with Gasteiger partial charge in [0.15, 0.2) is 0 Å². The van der Waals surface area contributed by atoms with E-state index >= 15 is 0 Å². The van der Waals surface area contributed by atoms with Gasteiger partial charge in [-0.2, -0.15) is 13.2 Å². The molecule has 170 valence electrons. The van der Waals surface area contributed by atoms with Crippen LogP contribution in [-0.2, 0) is 22.0 Å². The summed E-state index contributed by atoms with van der Waals surface area (Å²) in [4.78, 5) is 8.59. The smallest absolute Gasteiger partial charge is 0.370 e. The number of nitrogens with zero attached hydrogens (tertiary/aromatic N) is 2. The lowest BCUT2D eigenvalue weighted by Crippen LogP contribution is -2.15. The van der Waals surface area contributed by atoms with E-state index in [2.05, 4.69) is 25.3 Å². The van der Waals surface area contributed by atoms with E-state index in [4.69, 9.17) is 0 Å². The van der Waals surface area contributed by atoms with Crippen LogP contribution >= 0.6 is 0 Å². The molecule has 0 radical (unpaired) electrons. The van der Waals surface area contributed by atoms with Gasteiger partial charge in [-0.15, -0.1) is 0 Å². The monoisotopic (exact) mass is 465 g/mol. The minimum atomic E-state index is -4.47. The number of rotatable bonds is 8. The van der Waals surface area contributed by atoms with E-state index in [0.717, 1.165) is 30.8 Å². The molecule has 0 aliphatic carbocycles. The Morgan fingerprint density at radius 1 is 0.906 bits per heavy atom. The van der Waals surface area contributed by atoms with Crippen molar-refractivity contribution in [2.24, 2.45) is 0 Å². The van der Waals surface area contributed by atoms with Crippen LogP contribution in [0.25, 0.3) is 0 Å². The van der Waals surface area contributed by atoms with Gasteiger partial charge in [0.25, 0.3) is 0 Å². The number of hydrogen-bond donors (Lipinski definition) is 3. The highest BCUT2D eigenvalue weighted by atomic mass is 32.2. The third-order valence-electron chi connectivity index (χ3n) is 4.26. The Bertz CT molecular complexity index is 1170. The molecule has 0 bridgehead atoms. The standard InChI is InChI=1S/C21H22F3N5O2S/c1-3-25-19-12-20(27-14(2)26-19)28-17-8-10-18(11-9-17)29-32(30,31)13-15-4-6-16(7-5-15)21(22,23)24/h4-12,29H,3,13H2,1-2H3,(H2,25,26,27,28). The van der Waals surface area contributed by atoms with E-state index in [9.17, 15) is 21.6 Å². The minimum Gasteiger partial charge on any atom is -0.370 e. The average molecular weight is 466 g/mol. The van der Waals surface area contributed by atoms with E-state index in [0.29, 0.717) is 28.8 Å². The second kappa shape index (κ2) is 9.43. The molecule has 3 N–H and O–H groups in total. The zero-order valence-electron chi connectivity index (χ0n) is 17.4. The van der Waals surface area contributed by atoms with E-state index in [1.807, 2.05) is 6.92 Å². The minimum absolute atomic E-state index is 0.249. The fourth-order valence-corrected chi connectivity index (χ4v) is 4.10. The second-order valence-corrected chi connectivity index (χ2v) is 8.70. The highest BCUT2D eigenvalue weighted by Crippen LogP contribution is 2.29. The van der Waals surface area contributed by atoms with Gasteiger partial charge in [-0.25, -0.2) is 18.4 Å². The molecule has 0 unspecified atom stereocenters. The average Bonchev–Trinajstić information content (AvgIpc) is 2.68. The Labute approximate surface area is 184 Å². The third-order valence-corrected chi connectivity index (χ3v) is 5.52. The Morgan fingerprint density at radius 2 is 1.50 bits per heavy atom. The van der Waals surface area contributed by atoms with Gasteiger partial charge in [-0.1, -0.05) is 12.1 Å². The number of benzene rings is 2. The molecule has 0 amide bonds. The number of hydrogen-bond acceptors (Lipinski definition) is 6. The van der Waals surface area contributed by atoms with Gasteiger partial charge >= 0.3 is 6.18 Å². The maximum absolute atomic E-state index is 12.6. The van der Waals surface area contributed by atoms with Crippen molar-refractivity contribution in [3.63, 3.8) is 0 Å². The van der Waals surface area contributed by atoms with Gasteiger partial charge in [-0.3, -0.25) is 4.72 Å². The number of aryl methyl sites for hydroxylation is 1. The number of nitrogens with one attached hydrogen (secondary N) is 3. The summed E-state index contributed by atoms with van der Waals surface area (Å²) in [5, 5.41) is 6.25. The van der Waals surface area contributed by atoms with Crippen LogP contribution in [0.3, 0.4) is 0 Å². The number of aromatic nitrogens is 2. The molecule has 0 saturated heterocycles. The van der Waals surface area contributed by atoms with Crippen LogP contribution in [0.5, 0.6) is 0 Å². The Kier molecular flexibility index (Phi) is 6.87. The molecular formula is C21H22F3N5O2S. The normalized spacial score (nSPS) is 11.8. The SMILES string of the molecule is CCNc1cc(Nc2ccc(NS(=O)(=O)Cc3ccc(C(F)(F)F)cc3)cc2)nc(C)n1. The summed E-state index contributed by atoms with van der Waals surface area (Å²) < 4.78 is 65.1. The lowest BCUT2D eigenvalue weighted by molar-refractivity contribution is -0.137. The summed E-state index contributed by atoms with van der Waals surface area (Å²) >= 11 is 0. The summed E-state index contributed by atoms with van der Waals surface area (Å²) in [7, 11) is -3.81. The van der Waals surface area contributed by atoms with Gasteiger partial charge in [0.2, 0.25) is 10.0 Å². The fourth-order valence-electron chi connectivity index (χ4n) is 2.90. The molecule has 0 atom stereocenters. The molecular weight excluding hydrogens is 443 g/mol. The Morgan fingerprint density at radius 3 is 2.09 bits per heavy atom. The predicted octanol–water partition coefficient (Wildman–Crippen LogP) is 4.92. The van der Waals surface area contributed by atoms with Gasteiger partial charge in [0, 0.05) is 24.0 Å². The molecule has 3 aromatic rings. The molecule has 11 heteroatoms. The molecule has 0 saturated carbocycles. The summed E-state index contributed by atoms with van der Waals surface area (Å²) in [6.07, 6.45) is -4.47. The van der Waals surface area contributed by atoms with Crippen LogP contribution in [-0.4, -0.2) is 24.9 Å². The zero-order chi connectivity index (χ0) is 23.4. The number of sulfonamides is 1.